The number of rotatable bonds is 4. The highest BCUT2D eigenvalue weighted by molar-refractivity contribution is 9.10. The summed E-state index contributed by atoms with van der Waals surface area (Å²) in [5, 5.41) is 5.33. The molecule has 0 bridgehead atoms. The first-order valence-electron chi connectivity index (χ1n) is 7.47. The van der Waals surface area contributed by atoms with Crippen LogP contribution in [0.3, 0.4) is 0 Å². The lowest BCUT2D eigenvalue weighted by molar-refractivity contribution is -0.274. The Hall–Kier alpha value is -1.09. The third-order valence-corrected chi connectivity index (χ3v) is 5.76. The van der Waals surface area contributed by atoms with Gasteiger partial charge in [0.2, 0.25) is 0 Å². The first-order chi connectivity index (χ1) is 11.4. The minimum Gasteiger partial charge on any atom is -0.406 e. The van der Waals surface area contributed by atoms with Gasteiger partial charge >= 0.3 is 6.36 Å². The number of alkyl halides is 3. The molecule has 24 heavy (non-hydrogen) atoms. The van der Waals surface area contributed by atoms with Crippen LogP contribution in [0, 0.1) is 0 Å². The van der Waals surface area contributed by atoms with Crippen LogP contribution < -0.4 is 10.1 Å². The Bertz CT molecular complexity index is 669. The van der Waals surface area contributed by atoms with Crippen LogP contribution in [-0.4, -0.2) is 37.4 Å². The Kier molecular flexibility index (Phi) is 5.49. The van der Waals surface area contributed by atoms with E-state index < -0.39 is 6.36 Å². The molecular weight excluding hydrogens is 405 g/mol. The molecule has 1 saturated heterocycles. The number of benzene rings is 1. The van der Waals surface area contributed by atoms with Gasteiger partial charge in [-0.1, -0.05) is 12.1 Å². The third kappa shape index (κ3) is 4.30. The van der Waals surface area contributed by atoms with Crippen molar-refractivity contribution >= 4 is 27.3 Å². The summed E-state index contributed by atoms with van der Waals surface area (Å²) < 4.78 is 42.0. The Balaban J connectivity index is 1.89. The monoisotopic (exact) mass is 420 g/mol. The molecule has 0 saturated carbocycles. The zero-order valence-electron chi connectivity index (χ0n) is 12.6. The van der Waals surface area contributed by atoms with Crippen molar-refractivity contribution in [2.24, 2.45) is 0 Å². The van der Waals surface area contributed by atoms with Gasteiger partial charge in [0.25, 0.3) is 0 Å². The second-order valence-electron chi connectivity index (χ2n) is 5.44. The molecular formula is C16H16BrF3N2OS. The van der Waals surface area contributed by atoms with Crippen molar-refractivity contribution in [2.75, 3.05) is 26.2 Å². The molecule has 3 nitrogen and oxygen atoms in total. The molecule has 1 aromatic carbocycles. The molecule has 3 rings (SSSR count). The summed E-state index contributed by atoms with van der Waals surface area (Å²) in [5.74, 6) is -0.199. The van der Waals surface area contributed by atoms with Crippen molar-refractivity contribution in [2.45, 2.75) is 12.4 Å². The molecule has 1 aromatic heterocycles. The quantitative estimate of drug-likeness (QED) is 0.792. The SMILES string of the molecule is FC(F)(F)Oc1ccc([C@H](c2sccc2Br)N2CCNCC2)cc1. The second kappa shape index (κ2) is 7.43. The Labute approximate surface area is 150 Å². The molecule has 0 aliphatic carbocycles. The Morgan fingerprint density at radius 2 is 1.79 bits per heavy atom. The standard InChI is InChI=1S/C16H16BrF3N2OS/c17-13-5-10-24-15(13)14(22-8-6-21-7-9-22)11-1-3-12(4-2-11)23-16(18,19)20/h1-5,10,14,21H,6-9H2/t14-/m1/s1. The minimum absolute atomic E-state index is 0.0152. The van der Waals surface area contributed by atoms with Gasteiger partial charge in [-0.2, -0.15) is 0 Å². The summed E-state index contributed by atoms with van der Waals surface area (Å²) in [5.41, 5.74) is 0.953. The predicted octanol–water partition coefficient (Wildman–Crippen LogP) is 4.40. The summed E-state index contributed by atoms with van der Waals surface area (Å²) >= 11 is 5.22. The lowest BCUT2D eigenvalue weighted by Gasteiger charge is -2.35. The van der Waals surface area contributed by atoms with Gasteiger partial charge in [-0.15, -0.1) is 24.5 Å². The maximum atomic E-state index is 12.3. The molecule has 2 heterocycles. The van der Waals surface area contributed by atoms with Gasteiger partial charge in [-0.25, -0.2) is 0 Å². The molecule has 2 aromatic rings. The van der Waals surface area contributed by atoms with Crippen molar-refractivity contribution in [3.05, 3.63) is 50.6 Å². The molecule has 0 unspecified atom stereocenters. The van der Waals surface area contributed by atoms with E-state index >= 15 is 0 Å². The average molecular weight is 421 g/mol. The van der Waals surface area contributed by atoms with Gasteiger partial charge in [0.15, 0.2) is 0 Å². The highest BCUT2D eigenvalue weighted by atomic mass is 79.9. The maximum Gasteiger partial charge on any atom is 0.573 e. The average Bonchev–Trinajstić information content (AvgIpc) is 2.95. The van der Waals surface area contributed by atoms with Crippen LogP contribution in [0.5, 0.6) is 5.75 Å². The van der Waals surface area contributed by atoms with Gasteiger partial charge in [-0.05, 0) is 45.1 Å². The van der Waals surface area contributed by atoms with Crippen LogP contribution >= 0.6 is 27.3 Å². The van der Waals surface area contributed by atoms with Crippen LogP contribution in [0.2, 0.25) is 0 Å². The molecule has 1 N–H and O–H groups in total. The first-order valence-corrected chi connectivity index (χ1v) is 9.15. The van der Waals surface area contributed by atoms with Gasteiger partial charge in [0.1, 0.15) is 5.75 Å². The highest BCUT2D eigenvalue weighted by Gasteiger charge is 2.31. The molecule has 1 atom stereocenters. The summed E-state index contributed by atoms with van der Waals surface area (Å²) in [6, 6.07) is 8.18. The third-order valence-electron chi connectivity index (χ3n) is 3.84. The molecule has 8 heteroatoms. The van der Waals surface area contributed by atoms with Crippen molar-refractivity contribution < 1.29 is 17.9 Å². The molecule has 0 spiro atoms. The van der Waals surface area contributed by atoms with E-state index in [1.165, 1.54) is 12.1 Å². The smallest absolute Gasteiger partial charge is 0.406 e. The fourth-order valence-electron chi connectivity index (χ4n) is 2.82. The van der Waals surface area contributed by atoms with Crippen LogP contribution in [0.15, 0.2) is 40.2 Å². The van der Waals surface area contributed by atoms with Gasteiger partial charge < -0.3 is 10.1 Å². The Morgan fingerprint density at radius 3 is 2.33 bits per heavy atom. The first kappa shape index (κ1) is 17.7. The van der Waals surface area contributed by atoms with E-state index in [0.29, 0.717) is 0 Å². The lowest BCUT2D eigenvalue weighted by Crippen LogP contribution is -2.45. The van der Waals surface area contributed by atoms with Gasteiger partial charge in [-0.3, -0.25) is 4.90 Å². The van der Waals surface area contributed by atoms with Gasteiger partial charge in [0.05, 0.1) is 6.04 Å². The predicted molar refractivity (Wildman–Crippen MR) is 91.4 cm³/mol. The van der Waals surface area contributed by atoms with E-state index in [1.54, 1.807) is 23.5 Å². The number of piperazine rings is 1. The summed E-state index contributed by atoms with van der Waals surface area (Å²) in [4.78, 5) is 3.49. The normalized spacial score (nSPS) is 17.7. The number of halogens is 4. The van der Waals surface area contributed by atoms with Crippen molar-refractivity contribution in [3.63, 3.8) is 0 Å². The fourth-order valence-corrected chi connectivity index (χ4v) is 4.57. The summed E-state index contributed by atoms with van der Waals surface area (Å²) in [6.45, 7) is 3.56. The minimum atomic E-state index is -4.67. The fraction of sp³-hybridized carbons (Fsp3) is 0.375. The number of nitrogens with zero attached hydrogens (tertiary/aromatic N) is 1. The molecule has 1 fully saturated rings. The van der Waals surface area contributed by atoms with Crippen molar-refractivity contribution in [1.29, 1.82) is 0 Å². The maximum absolute atomic E-state index is 12.3. The number of hydrogen-bond acceptors (Lipinski definition) is 4. The number of hydrogen-bond donors (Lipinski definition) is 1. The summed E-state index contributed by atoms with van der Waals surface area (Å²) in [7, 11) is 0. The lowest BCUT2D eigenvalue weighted by atomic mass is 10.0. The van der Waals surface area contributed by atoms with Crippen molar-refractivity contribution in [3.8, 4) is 5.75 Å². The van der Waals surface area contributed by atoms with E-state index in [1.807, 2.05) is 11.4 Å². The zero-order valence-corrected chi connectivity index (χ0v) is 15.0. The van der Waals surface area contributed by atoms with E-state index in [0.717, 1.165) is 41.1 Å². The molecule has 130 valence electrons. The van der Waals surface area contributed by atoms with E-state index in [4.69, 9.17) is 0 Å². The second-order valence-corrected chi connectivity index (χ2v) is 7.24. The van der Waals surface area contributed by atoms with Crippen LogP contribution in [0.1, 0.15) is 16.5 Å². The largest absolute Gasteiger partial charge is 0.573 e. The zero-order chi connectivity index (χ0) is 17.2. The molecule has 1 aliphatic heterocycles. The van der Waals surface area contributed by atoms with Crippen LogP contribution in [0.4, 0.5) is 13.2 Å². The highest BCUT2D eigenvalue weighted by Crippen LogP contribution is 2.38. The Morgan fingerprint density at radius 1 is 1.12 bits per heavy atom. The van der Waals surface area contributed by atoms with Crippen LogP contribution in [-0.2, 0) is 0 Å². The van der Waals surface area contributed by atoms with Gasteiger partial charge in [0, 0.05) is 35.5 Å². The van der Waals surface area contributed by atoms with E-state index in [9.17, 15) is 13.2 Å². The van der Waals surface area contributed by atoms with E-state index in [-0.39, 0.29) is 11.8 Å². The number of ether oxygens (including phenoxy) is 1. The number of nitrogens with one attached hydrogen (secondary N) is 1. The van der Waals surface area contributed by atoms with Crippen molar-refractivity contribution in [1.82, 2.24) is 10.2 Å². The number of thiophene rings is 1. The molecule has 0 radical (unpaired) electrons. The summed E-state index contributed by atoms with van der Waals surface area (Å²) in [6.07, 6.45) is -4.67. The molecule has 0 amide bonds. The van der Waals surface area contributed by atoms with Crippen LogP contribution in [0.25, 0.3) is 0 Å². The van der Waals surface area contributed by atoms with E-state index in [2.05, 4.69) is 30.9 Å². The molecule has 1 aliphatic rings. The topological polar surface area (TPSA) is 24.5 Å².